The predicted molar refractivity (Wildman–Crippen MR) is 103 cm³/mol. The number of nitrogens with two attached hydrogens (primary N) is 1. The third kappa shape index (κ3) is 3.07. The average Bonchev–Trinajstić information content (AvgIpc) is 3.36. The van der Waals surface area contributed by atoms with Crippen LogP contribution in [0.3, 0.4) is 0 Å². The molecule has 2 aromatic heterocycles. The van der Waals surface area contributed by atoms with Crippen molar-refractivity contribution >= 4 is 29.2 Å². The second-order valence-electron chi connectivity index (χ2n) is 5.66. The van der Waals surface area contributed by atoms with E-state index in [0.29, 0.717) is 38.4 Å². The van der Waals surface area contributed by atoms with Crippen molar-refractivity contribution < 1.29 is 9.47 Å². The first-order valence-electron chi connectivity index (χ1n) is 7.96. The van der Waals surface area contributed by atoms with Crippen molar-refractivity contribution in [1.82, 2.24) is 15.0 Å². The lowest BCUT2D eigenvalue weighted by Gasteiger charge is -2.14. The van der Waals surface area contributed by atoms with Crippen LogP contribution in [-0.2, 0) is 5.75 Å². The molecule has 3 aromatic rings. The quantitative estimate of drug-likeness (QED) is 0.624. The molecule has 1 aromatic carbocycles. The van der Waals surface area contributed by atoms with Gasteiger partial charge in [0, 0.05) is 29.6 Å². The first kappa shape index (κ1) is 18.0. The molecule has 3 N–H and O–H groups in total. The van der Waals surface area contributed by atoms with E-state index >= 15 is 0 Å². The molecule has 1 aliphatic rings. The lowest BCUT2D eigenvalue weighted by Crippen LogP contribution is -2.04. The summed E-state index contributed by atoms with van der Waals surface area (Å²) < 4.78 is 10.7. The fourth-order valence-electron chi connectivity index (χ4n) is 2.79. The number of imidazole rings is 1. The van der Waals surface area contributed by atoms with Crippen LogP contribution in [0.1, 0.15) is 17.0 Å². The van der Waals surface area contributed by atoms with Crippen LogP contribution in [0.5, 0.6) is 11.5 Å². The average molecular weight is 411 g/mol. The number of thioether (sulfide) groups is 1. The van der Waals surface area contributed by atoms with E-state index < -0.39 is 0 Å². The molecular formula is C18H11ClN6O2S. The summed E-state index contributed by atoms with van der Waals surface area (Å²) in [6.07, 6.45) is 3.35. The Balaban J connectivity index is 1.88. The van der Waals surface area contributed by atoms with Gasteiger partial charge >= 0.3 is 0 Å². The minimum atomic E-state index is 0.0205. The highest BCUT2D eigenvalue weighted by Crippen LogP contribution is 2.44. The number of rotatable bonds is 4. The van der Waals surface area contributed by atoms with Crippen LogP contribution in [0, 0.1) is 22.7 Å². The van der Waals surface area contributed by atoms with Gasteiger partial charge in [-0.15, -0.1) is 0 Å². The number of halogens is 1. The number of nitrogens with one attached hydrogen (secondary N) is 1. The minimum absolute atomic E-state index is 0.0205. The van der Waals surface area contributed by atoms with Gasteiger partial charge in [0.25, 0.3) is 0 Å². The molecule has 0 atom stereocenters. The van der Waals surface area contributed by atoms with Gasteiger partial charge < -0.3 is 20.2 Å². The molecule has 0 aliphatic carbocycles. The molecule has 0 unspecified atom stereocenters. The van der Waals surface area contributed by atoms with E-state index in [2.05, 4.69) is 21.0 Å². The number of fused-ring (bicyclic) bond motifs is 1. The third-order valence-electron chi connectivity index (χ3n) is 4.05. The Morgan fingerprint density at radius 3 is 2.64 bits per heavy atom. The van der Waals surface area contributed by atoms with Crippen LogP contribution in [-0.4, -0.2) is 21.7 Å². The van der Waals surface area contributed by atoms with Crippen LogP contribution in [0.2, 0.25) is 5.02 Å². The molecule has 0 fully saturated rings. The standard InChI is InChI=1S/C18H11ClN6O2S/c19-12-4-14-13(26-8-27-14)3-9(12)16-10(5-20)17(22)25-18(11(16)6-21)28-7-15-23-1-2-24-15/h1-4H,7-8H2,(H2,22,25)(H,23,24). The van der Waals surface area contributed by atoms with Crippen molar-refractivity contribution in [2.45, 2.75) is 10.8 Å². The number of anilines is 1. The Morgan fingerprint density at radius 1 is 1.21 bits per heavy atom. The number of nitriles is 2. The fraction of sp³-hybridized carbons (Fsp3) is 0.111. The van der Waals surface area contributed by atoms with Gasteiger partial charge in [0.2, 0.25) is 6.79 Å². The molecule has 10 heteroatoms. The zero-order chi connectivity index (χ0) is 19.7. The van der Waals surface area contributed by atoms with Gasteiger partial charge in [-0.1, -0.05) is 23.4 Å². The second kappa shape index (κ2) is 7.31. The Hall–Kier alpha value is -3.40. The molecule has 0 bridgehead atoms. The summed E-state index contributed by atoms with van der Waals surface area (Å²) in [5.41, 5.74) is 7.09. The largest absolute Gasteiger partial charge is 0.454 e. The molecule has 0 saturated heterocycles. The van der Waals surface area contributed by atoms with Crippen molar-refractivity contribution in [3.63, 3.8) is 0 Å². The van der Waals surface area contributed by atoms with Crippen molar-refractivity contribution in [3.8, 4) is 34.8 Å². The number of H-pyrrole nitrogens is 1. The zero-order valence-electron chi connectivity index (χ0n) is 14.2. The first-order chi connectivity index (χ1) is 13.6. The van der Waals surface area contributed by atoms with Gasteiger partial charge in [-0.05, 0) is 6.07 Å². The normalized spacial score (nSPS) is 11.8. The molecule has 0 radical (unpaired) electrons. The minimum Gasteiger partial charge on any atom is -0.454 e. The summed E-state index contributed by atoms with van der Waals surface area (Å²) in [6, 6.07) is 7.40. The van der Waals surface area contributed by atoms with E-state index in [4.69, 9.17) is 26.8 Å². The summed E-state index contributed by atoms with van der Waals surface area (Å²) in [5.74, 6) is 2.18. The smallest absolute Gasteiger partial charge is 0.231 e. The van der Waals surface area contributed by atoms with E-state index in [0.717, 1.165) is 5.82 Å². The summed E-state index contributed by atoms with van der Waals surface area (Å²) in [7, 11) is 0. The molecule has 28 heavy (non-hydrogen) atoms. The summed E-state index contributed by atoms with van der Waals surface area (Å²) in [4.78, 5) is 11.4. The van der Waals surface area contributed by atoms with E-state index in [1.807, 2.05) is 6.07 Å². The SMILES string of the molecule is N#Cc1c(N)nc(SCc2ncc[nH]2)c(C#N)c1-c1cc2c(cc1Cl)OCO2. The van der Waals surface area contributed by atoms with Crippen molar-refractivity contribution in [3.05, 3.63) is 46.5 Å². The van der Waals surface area contributed by atoms with E-state index in [1.165, 1.54) is 11.8 Å². The number of hydrogen-bond acceptors (Lipinski definition) is 8. The third-order valence-corrected chi connectivity index (χ3v) is 5.35. The Labute approximate surface area is 168 Å². The van der Waals surface area contributed by atoms with Gasteiger partial charge in [0.05, 0.1) is 16.3 Å². The van der Waals surface area contributed by atoms with Gasteiger partial charge in [0.1, 0.15) is 34.4 Å². The Morgan fingerprint density at radius 2 is 1.96 bits per heavy atom. The van der Waals surface area contributed by atoms with Crippen LogP contribution in [0.4, 0.5) is 5.82 Å². The summed E-state index contributed by atoms with van der Waals surface area (Å²) in [6.45, 7) is 0.0774. The van der Waals surface area contributed by atoms with Crippen molar-refractivity contribution in [2.24, 2.45) is 0 Å². The van der Waals surface area contributed by atoms with Gasteiger partial charge in [-0.25, -0.2) is 9.97 Å². The number of aromatic nitrogens is 3. The summed E-state index contributed by atoms with van der Waals surface area (Å²) >= 11 is 7.71. The van der Waals surface area contributed by atoms with E-state index in [1.54, 1.807) is 24.5 Å². The highest BCUT2D eigenvalue weighted by atomic mass is 35.5. The van der Waals surface area contributed by atoms with Crippen LogP contribution in [0.15, 0.2) is 29.6 Å². The maximum Gasteiger partial charge on any atom is 0.231 e. The number of ether oxygens (including phenoxy) is 2. The molecular weight excluding hydrogens is 400 g/mol. The highest BCUT2D eigenvalue weighted by molar-refractivity contribution is 7.98. The monoisotopic (exact) mass is 410 g/mol. The van der Waals surface area contributed by atoms with Gasteiger partial charge in [0.15, 0.2) is 11.5 Å². The number of aromatic amines is 1. The molecule has 3 heterocycles. The number of nitrogens with zero attached hydrogens (tertiary/aromatic N) is 4. The van der Waals surface area contributed by atoms with Crippen molar-refractivity contribution in [1.29, 1.82) is 10.5 Å². The molecule has 138 valence electrons. The highest BCUT2D eigenvalue weighted by Gasteiger charge is 2.25. The number of hydrogen-bond donors (Lipinski definition) is 2. The Bertz CT molecular complexity index is 1150. The molecule has 1 aliphatic heterocycles. The maximum absolute atomic E-state index is 9.84. The predicted octanol–water partition coefficient (Wildman–Crippen LogP) is 3.47. The lowest BCUT2D eigenvalue weighted by atomic mass is 9.96. The zero-order valence-corrected chi connectivity index (χ0v) is 15.8. The Kier molecular flexibility index (Phi) is 4.70. The number of benzene rings is 1. The van der Waals surface area contributed by atoms with E-state index in [-0.39, 0.29) is 23.7 Å². The van der Waals surface area contributed by atoms with Gasteiger partial charge in [-0.2, -0.15) is 10.5 Å². The van der Waals surface area contributed by atoms with Crippen LogP contribution >= 0.6 is 23.4 Å². The summed E-state index contributed by atoms with van der Waals surface area (Å²) in [5, 5.41) is 20.2. The molecule has 0 amide bonds. The fourth-order valence-corrected chi connectivity index (χ4v) is 3.93. The number of pyridine rings is 1. The van der Waals surface area contributed by atoms with Crippen LogP contribution < -0.4 is 15.2 Å². The molecule has 0 saturated carbocycles. The molecule has 0 spiro atoms. The molecule has 4 rings (SSSR count). The maximum atomic E-state index is 9.84. The number of nitrogen functional groups attached to an aromatic ring is 1. The second-order valence-corrected chi connectivity index (χ2v) is 7.03. The first-order valence-corrected chi connectivity index (χ1v) is 9.33. The van der Waals surface area contributed by atoms with E-state index in [9.17, 15) is 10.5 Å². The van der Waals surface area contributed by atoms with Gasteiger partial charge in [-0.3, -0.25) is 0 Å². The topological polar surface area (TPSA) is 134 Å². The van der Waals surface area contributed by atoms with Crippen LogP contribution in [0.25, 0.3) is 11.1 Å². The van der Waals surface area contributed by atoms with Crippen molar-refractivity contribution in [2.75, 3.05) is 12.5 Å². The molecule has 8 nitrogen and oxygen atoms in total. The lowest BCUT2D eigenvalue weighted by molar-refractivity contribution is 0.174.